The molecular weight excluding hydrogens is 330 g/mol. The summed E-state index contributed by atoms with van der Waals surface area (Å²) in [5.41, 5.74) is 3.33. The van der Waals surface area contributed by atoms with Crippen molar-refractivity contribution in [3.8, 4) is 11.3 Å². The fourth-order valence-electron chi connectivity index (χ4n) is 2.92. The second-order valence-corrected chi connectivity index (χ2v) is 6.05. The van der Waals surface area contributed by atoms with Gasteiger partial charge in [0.25, 0.3) is 5.91 Å². The molecule has 0 unspecified atom stereocenters. The maximum atomic E-state index is 12.5. The van der Waals surface area contributed by atoms with Crippen molar-refractivity contribution in [2.24, 2.45) is 0 Å². The number of aromatic nitrogens is 1. The van der Waals surface area contributed by atoms with Crippen LogP contribution in [0, 0.1) is 0 Å². The zero-order chi connectivity index (χ0) is 17.8. The van der Waals surface area contributed by atoms with Crippen LogP contribution < -0.4 is 10.2 Å². The molecule has 1 aliphatic heterocycles. The molecule has 6 nitrogen and oxygen atoms in total. The number of anilines is 2. The van der Waals surface area contributed by atoms with Gasteiger partial charge in [-0.3, -0.25) is 4.79 Å². The molecule has 132 valence electrons. The third-order valence-electron chi connectivity index (χ3n) is 4.28. The van der Waals surface area contributed by atoms with Crippen molar-refractivity contribution in [1.82, 2.24) is 5.16 Å². The summed E-state index contributed by atoms with van der Waals surface area (Å²) < 4.78 is 10.6. The fraction of sp³-hybridized carbons (Fsp3) is 0.200. The minimum absolute atomic E-state index is 0.181. The minimum atomic E-state index is -0.321. The lowest BCUT2D eigenvalue weighted by molar-refractivity contribution is 0.0988. The molecule has 2 heterocycles. The topological polar surface area (TPSA) is 67.6 Å². The van der Waals surface area contributed by atoms with Crippen LogP contribution in [0.1, 0.15) is 10.6 Å². The van der Waals surface area contributed by atoms with Crippen molar-refractivity contribution in [3.63, 3.8) is 0 Å². The highest BCUT2D eigenvalue weighted by atomic mass is 16.5. The number of nitrogens with zero attached hydrogens (tertiary/aromatic N) is 2. The van der Waals surface area contributed by atoms with Crippen LogP contribution in [0.15, 0.2) is 65.2 Å². The molecule has 26 heavy (non-hydrogen) atoms. The monoisotopic (exact) mass is 349 g/mol. The van der Waals surface area contributed by atoms with Gasteiger partial charge in [0.2, 0.25) is 5.76 Å². The average Bonchev–Trinajstić information content (AvgIpc) is 3.20. The maximum absolute atomic E-state index is 12.5. The summed E-state index contributed by atoms with van der Waals surface area (Å²) in [6.45, 7) is 3.13. The lowest BCUT2D eigenvalue weighted by Gasteiger charge is -2.29. The number of carbonyl (C=O) groups excluding carboxylic acids is 1. The van der Waals surface area contributed by atoms with Crippen LogP contribution in [-0.2, 0) is 4.74 Å². The van der Waals surface area contributed by atoms with Gasteiger partial charge in [-0.25, -0.2) is 0 Å². The van der Waals surface area contributed by atoms with Crippen molar-refractivity contribution in [3.05, 3.63) is 66.4 Å². The zero-order valence-electron chi connectivity index (χ0n) is 14.2. The Morgan fingerprint density at radius 3 is 2.62 bits per heavy atom. The second kappa shape index (κ2) is 7.41. The Hall–Kier alpha value is -3.12. The van der Waals surface area contributed by atoms with E-state index in [4.69, 9.17) is 9.26 Å². The van der Waals surface area contributed by atoms with E-state index in [0.29, 0.717) is 5.69 Å². The Bertz CT molecular complexity index is 886. The summed E-state index contributed by atoms with van der Waals surface area (Å²) in [4.78, 5) is 14.7. The van der Waals surface area contributed by atoms with Gasteiger partial charge in [0.1, 0.15) is 5.69 Å². The van der Waals surface area contributed by atoms with Crippen LogP contribution in [0.2, 0.25) is 0 Å². The molecule has 1 aliphatic rings. The van der Waals surface area contributed by atoms with Gasteiger partial charge in [0.05, 0.1) is 13.2 Å². The first-order valence-corrected chi connectivity index (χ1v) is 8.56. The summed E-state index contributed by atoms with van der Waals surface area (Å²) in [7, 11) is 0. The summed E-state index contributed by atoms with van der Waals surface area (Å²) in [6.07, 6.45) is 0. The first-order chi connectivity index (χ1) is 12.8. The molecule has 0 bridgehead atoms. The molecule has 0 spiro atoms. The summed E-state index contributed by atoms with van der Waals surface area (Å²) in [5.74, 6) is -0.139. The first-order valence-electron chi connectivity index (χ1n) is 8.56. The zero-order valence-corrected chi connectivity index (χ0v) is 14.2. The molecular formula is C20H19N3O3. The Morgan fingerprint density at radius 1 is 1.00 bits per heavy atom. The fourth-order valence-corrected chi connectivity index (χ4v) is 2.92. The van der Waals surface area contributed by atoms with E-state index in [1.165, 1.54) is 0 Å². The molecule has 1 N–H and O–H groups in total. The van der Waals surface area contributed by atoms with E-state index in [1.54, 1.807) is 6.07 Å². The van der Waals surface area contributed by atoms with Gasteiger partial charge in [0, 0.05) is 36.1 Å². The highest BCUT2D eigenvalue weighted by molar-refractivity contribution is 6.03. The van der Waals surface area contributed by atoms with E-state index in [2.05, 4.69) is 15.4 Å². The van der Waals surface area contributed by atoms with Crippen LogP contribution in [0.4, 0.5) is 11.4 Å². The molecule has 2 aromatic carbocycles. The van der Waals surface area contributed by atoms with Crippen LogP contribution in [0.3, 0.4) is 0 Å². The normalized spacial score (nSPS) is 14.2. The SMILES string of the molecule is O=C(Nc1cccc(N2CCOCC2)c1)c1cc(-c2ccccc2)no1. The number of amides is 1. The number of benzene rings is 2. The van der Waals surface area contributed by atoms with E-state index < -0.39 is 0 Å². The summed E-state index contributed by atoms with van der Waals surface area (Å²) in [6, 6.07) is 19.0. The molecule has 0 saturated carbocycles. The molecule has 1 aromatic heterocycles. The maximum Gasteiger partial charge on any atom is 0.294 e. The van der Waals surface area contributed by atoms with Gasteiger partial charge in [-0.2, -0.15) is 0 Å². The third kappa shape index (κ3) is 3.60. The number of ether oxygens (including phenoxy) is 1. The highest BCUT2D eigenvalue weighted by Crippen LogP contribution is 2.22. The average molecular weight is 349 g/mol. The predicted molar refractivity (Wildman–Crippen MR) is 99.4 cm³/mol. The standard InChI is InChI=1S/C20H19N3O3/c24-20(19-14-18(22-26-19)15-5-2-1-3-6-15)21-16-7-4-8-17(13-16)23-9-11-25-12-10-23/h1-8,13-14H,9-12H2,(H,21,24). The second-order valence-electron chi connectivity index (χ2n) is 6.05. The summed E-state index contributed by atoms with van der Waals surface area (Å²) >= 11 is 0. The van der Waals surface area contributed by atoms with Crippen LogP contribution in [-0.4, -0.2) is 37.4 Å². The number of hydrogen-bond donors (Lipinski definition) is 1. The third-order valence-corrected chi connectivity index (χ3v) is 4.28. The molecule has 3 aromatic rings. The van der Waals surface area contributed by atoms with E-state index in [-0.39, 0.29) is 11.7 Å². The Labute approximate surface area is 151 Å². The van der Waals surface area contributed by atoms with Gasteiger partial charge >= 0.3 is 0 Å². The molecule has 0 radical (unpaired) electrons. The number of morpholine rings is 1. The van der Waals surface area contributed by atoms with E-state index in [1.807, 2.05) is 54.6 Å². The van der Waals surface area contributed by atoms with Crippen molar-refractivity contribution in [2.75, 3.05) is 36.5 Å². The molecule has 1 amide bonds. The number of nitrogens with one attached hydrogen (secondary N) is 1. The quantitative estimate of drug-likeness (QED) is 0.782. The van der Waals surface area contributed by atoms with Gasteiger partial charge in [-0.15, -0.1) is 0 Å². The van der Waals surface area contributed by atoms with E-state index in [9.17, 15) is 4.79 Å². The van der Waals surface area contributed by atoms with Gasteiger partial charge in [-0.05, 0) is 18.2 Å². The molecule has 1 saturated heterocycles. The molecule has 4 rings (SSSR count). The van der Waals surface area contributed by atoms with Gasteiger partial charge in [-0.1, -0.05) is 41.6 Å². The highest BCUT2D eigenvalue weighted by Gasteiger charge is 2.16. The van der Waals surface area contributed by atoms with E-state index >= 15 is 0 Å². The molecule has 0 aliphatic carbocycles. The minimum Gasteiger partial charge on any atom is -0.378 e. The summed E-state index contributed by atoms with van der Waals surface area (Å²) in [5, 5.41) is 6.85. The molecule has 0 atom stereocenters. The van der Waals surface area contributed by atoms with Crippen molar-refractivity contribution >= 4 is 17.3 Å². The Kier molecular flexibility index (Phi) is 4.66. The van der Waals surface area contributed by atoms with Crippen molar-refractivity contribution in [2.45, 2.75) is 0 Å². The van der Waals surface area contributed by atoms with E-state index in [0.717, 1.165) is 43.2 Å². The Morgan fingerprint density at radius 2 is 1.81 bits per heavy atom. The largest absolute Gasteiger partial charge is 0.378 e. The first kappa shape index (κ1) is 16.4. The van der Waals surface area contributed by atoms with Gasteiger partial charge in [0.15, 0.2) is 0 Å². The van der Waals surface area contributed by atoms with Crippen molar-refractivity contribution in [1.29, 1.82) is 0 Å². The lowest BCUT2D eigenvalue weighted by Crippen LogP contribution is -2.36. The van der Waals surface area contributed by atoms with Gasteiger partial charge < -0.3 is 19.5 Å². The molecule has 6 heteroatoms. The molecule has 1 fully saturated rings. The van der Waals surface area contributed by atoms with Crippen molar-refractivity contribution < 1.29 is 14.1 Å². The van der Waals surface area contributed by atoms with Crippen LogP contribution in [0.25, 0.3) is 11.3 Å². The number of hydrogen-bond acceptors (Lipinski definition) is 5. The smallest absolute Gasteiger partial charge is 0.294 e. The number of carbonyl (C=O) groups is 1. The Balaban J connectivity index is 1.47. The lowest BCUT2D eigenvalue weighted by atomic mass is 10.1. The number of rotatable bonds is 4. The van der Waals surface area contributed by atoms with Crippen LogP contribution >= 0.6 is 0 Å². The predicted octanol–water partition coefficient (Wildman–Crippen LogP) is 3.43. The van der Waals surface area contributed by atoms with Crippen LogP contribution in [0.5, 0.6) is 0 Å².